The third-order valence-electron chi connectivity index (χ3n) is 2.51. The minimum absolute atomic E-state index is 0.0431. The van der Waals surface area contributed by atoms with Crippen LogP contribution in [0.1, 0.15) is 26.3 Å². The van der Waals surface area contributed by atoms with Crippen LogP contribution in [0.15, 0.2) is 30.3 Å². The lowest BCUT2D eigenvalue weighted by molar-refractivity contribution is -0.120. The molecule has 4 N–H and O–H groups in total. The fourth-order valence-electron chi connectivity index (χ4n) is 1.52. The Labute approximate surface area is 130 Å². The largest absolute Gasteiger partial charge is 0.444 e. The Morgan fingerprint density at radius 3 is 2.41 bits per heavy atom. The number of benzene rings is 1. The zero-order valence-corrected chi connectivity index (χ0v) is 13.1. The average molecular weight is 309 g/mol. The third-order valence-corrected chi connectivity index (χ3v) is 2.51. The summed E-state index contributed by atoms with van der Waals surface area (Å²) in [7, 11) is 0. The second kappa shape index (κ2) is 8.35. The van der Waals surface area contributed by atoms with Gasteiger partial charge in [-0.05, 0) is 26.3 Å². The van der Waals surface area contributed by atoms with E-state index in [1.54, 1.807) is 20.8 Å². The van der Waals surface area contributed by atoms with E-state index in [-0.39, 0.29) is 6.54 Å². The van der Waals surface area contributed by atoms with E-state index in [1.165, 1.54) is 0 Å². The van der Waals surface area contributed by atoms with Crippen molar-refractivity contribution < 1.29 is 19.2 Å². The highest BCUT2D eigenvalue weighted by atomic mass is 16.6. The van der Waals surface area contributed by atoms with Crippen LogP contribution in [-0.4, -0.2) is 30.2 Å². The Morgan fingerprint density at radius 1 is 1.23 bits per heavy atom. The van der Waals surface area contributed by atoms with E-state index in [0.717, 1.165) is 5.56 Å². The summed E-state index contributed by atoms with van der Waals surface area (Å²) in [5.74, 6) is -0.679. The molecule has 122 valence electrons. The molecule has 2 amide bonds. The molecule has 0 fully saturated rings. The molecule has 0 bridgehead atoms. The van der Waals surface area contributed by atoms with Crippen molar-refractivity contribution in [2.45, 2.75) is 39.0 Å². The molecule has 0 spiro atoms. The Balaban J connectivity index is 2.35. The number of primary amides is 1. The van der Waals surface area contributed by atoms with Crippen LogP contribution in [0.2, 0.25) is 0 Å². The molecule has 22 heavy (non-hydrogen) atoms. The van der Waals surface area contributed by atoms with Gasteiger partial charge in [0.25, 0.3) is 0 Å². The van der Waals surface area contributed by atoms with Crippen molar-refractivity contribution in [1.29, 1.82) is 0 Å². The van der Waals surface area contributed by atoms with Gasteiger partial charge in [-0.1, -0.05) is 30.3 Å². The zero-order chi connectivity index (χ0) is 16.6. The molecule has 0 aromatic heterocycles. The van der Waals surface area contributed by atoms with Crippen LogP contribution >= 0.6 is 0 Å². The highest BCUT2D eigenvalue weighted by Gasteiger charge is 2.22. The van der Waals surface area contributed by atoms with Crippen LogP contribution in [0.5, 0.6) is 0 Å². The fraction of sp³-hybridized carbons (Fsp3) is 0.467. The van der Waals surface area contributed by atoms with E-state index in [9.17, 15) is 9.59 Å². The van der Waals surface area contributed by atoms with Gasteiger partial charge in [0, 0.05) is 0 Å². The number of alkyl carbamates (subject to hydrolysis) is 1. The summed E-state index contributed by atoms with van der Waals surface area (Å²) in [6.45, 7) is 5.56. The number of hydrogen-bond acceptors (Lipinski definition) is 5. The van der Waals surface area contributed by atoms with Crippen LogP contribution in [-0.2, 0) is 21.0 Å². The molecular formula is C15H23N3O4. The third kappa shape index (κ3) is 7.61. The minimum Gasteiger partial charge on any atom is -0.444 e. The summed E-state index contributed by atoms with van der Waals surface area (Å²) in [5, 5.41) is 2.39. The molecule has 7 nitrogen and oxygen atoms in total. The van der Waals surface area contributed by atoms with Gasteiger partial charge in [0.1, 0.15) is 11.6 Å². The van der Waals surface area contributed by atoms with Gasteiger partial charge in [0.15, 0.2) is 0 Å². The first-order valence-corrected chi connectivity index (χ1v) is 6.95. The Bertz CT molecular complexity index is 485. The standard InChI is InChI=1S/C15H23N3O4/c1-15(2,3)22-14(20)18-12(13(16)19)9-17-21-10-11-7-5-4-6-8-11/h4-8,12,17H,9-10H2,1-3H3,(H2,16,19)(H,18,20)/t12-/m0/s1. The molecule has 0 aliphatic heterocycles. The molecule has 0 heterocycles. The van der Waals surface area contributed by atoms with Gasteiger partial charge >= 0.3 is 6.09 Å². The Kier molecular flexibility index (Phi) is 6.81. The Morgan fingerprint density at radius 2 is 1.86 bits per heavy atom. The molecule has 7 heteroatoms. The van der Waals surface area contributed by atoms with Crippen LogP contribution in [0.3, 0.4) is 0 Å². The monoisotopic (exact) mass is 309 g/mol. The number of ether oxygens (including phenoxy) is 1. The quantitative estimate of drug-likeness (QED) is 0.517. The molecule has 0 saturated heterocycles. The van der Waals surface area contributed by atoms with Crippen molar-refractivity contribution in [2.24, 2.45) is 5.73 Å². The number of hydrogen-bond donors (Lipinski definition) is 3. The molecule has 0 saturated carbocycles. The van der Waals surface area contributed by atoms with Crippen molar-refractivity contribution in [1.82, 2.24) is 10.8 Å². The van der Waals surface area contributed by atoms with Gasteiger partial charge in [-0.2, -0.15) is 5.48 Å². The number of rotatable bonds is 7. The number of nitrogens with two attached hydrogens (primary N) is 1. The van der Waals surface area contributed by atoms with E-state index in [2.05, 4.69) is 10.8 Å². The summed E-state index contributed by atoms with van der Waals surface area (Å²) >= 11 is 0. The number of amides is 2. The van der Waals surface area contributed by atoms with Crippen LogP contribution in [0.25, 0.3) is 0 Å². The predicted molar refractivity (Wildman–Crippen MR) is 81.6 cm³/mol. The number of hydroxylamine groups is 1. The number of carbonyl (C=O) groups is 2. The van der Waals surface area contributed by atoms with Gasteiger partial charge in [0.2, 0.25) is 5.91 Å². The molecular weight excluding hydrogens is 286 g/mol. The fourth-order valence-corrected chi connectivity index (χ4v) is 1.52. The second-order valence-corrected chi connectivity index (χ2v) is 5.72. The minimum atomic E-state index is -0.925. The van der Waals surface area contributed by atoms with Crippen molar-refractivity contribution in [2.75, 3.05) is 6.54 Å². The highest BCUT2D eigenvalue weighted by molar-refractivity contribution is 5.84. The smallest absolute Gasteiger partial charge is 0.408 e. The Hall–Kier alpha value is -2.12. The summed E-state index contributed by atoms with van der Waals surface area (Å²) in [4.78, 5) is 28.2. The lowest BCUT2D eigenvalue weighted by Gasteiger charge is -2.22. The van der Waals surface area contributed by atoms with Crippen molar-refractivity contribution in [3.05, 3.63) is 35.9 Å². The van der Waals surface area contributed by atoms with E-state index >= 15 is 0 Å². The maximum Gasteiger partial charge on any atom is 0.408 e. The maximum atomic E-state index is 11.6. The topological polar surface area (TPSA) is 103 Å². The van der Waals surface area contributed by atoms with E-state index in [0.29, 0.717) is 6.61 Å². The van der Waals surface area contributed by atoms with E-state index in [1.807, 2.05) is 30.3 Å². The first-order chi connectivity index (χ1) is 10.3. The average Bonchev–Trinajstić information content (AvgIpc) is 2.41. The lowest BCUT2D eigenvalue weighted by Crippen LogP contribution is -2.51. The summed E-state index contributed by atoms with van der Waals surface area (Å²) in [6, 6.07) is 8.60. The zero-order valence-electron chi connectivity index (χ0n) is 13.1. The first kappa shape index (κ1) is 17.9. The van der Waals surface area contributed by atoms with Gasteiger partial charge in [-0.15, -0.1) is 0 Å². The molecule has 0 aliphatic carbocycles. The summed E-state index contributed by atoms with van der Waals surface area (Å²) in [6.07, 6.45) is -0.707. The molecule has 0 aliphatic rings. The normalized spacial score (nSPS) is 12.5. The molecule has 0 radical (unpaired) electrons. The van der Waals surface area contributed by atoms with E-state index < -0.39 is 23.6 Å². The van der Waals surface area contributed by atoms with Gasteiger partial charge in [0.05, 0.1) is 13.2 Å². The lowest BCUT2D eigenvalue weighted by atomic mass is 10.2. The predicted octanol–water partition coefficient (Wildman–Crippen LogP) is 1.09. The van der Waals surface area contributed by atoms with Crippen molar-refractivity contribution in [3.8, 4) is 0 Å². The van der Waals surface area contributed by atoms with E-state index in [4.69, 9.17) is 15.3 Å². The summed E-state index contributed by atoms with van der Waals surface area (Å²) in [5.41, 5.74) is 8.18. The molecule has 1 atom stereocenters. The van der Waals surface area contributed by atoms with Crippen LogP contribution in [0, 0.1) is 0 Å². The van der Waals surface area contributed by atoms with Crippen LogP contribution < -0.4 is 16.5 Å². The SMILES string of the molecule is CC(C)(C)OC(=O)N[C@@H](CNOCc1ccccc1)C(N)=O. The molecule has 0 unspecified atom stereocenters. The first-order valence-electron chi connectivity index (χ1n) is 6.95. The maximum absolute atomic E-state index is 11.6. The highest BCUT2D eigenvalue weighted by Crippen LogP contribution is 2.06. The van der Waals surface area contributed by atoms with Crippen molar-refractivity contribution >= 4 is 12.0 Å². The second-order valence-electron chi connectivity index (χ2n) is 5.72. The molecule has 1 aromatic carbocycles. The van der Waals surface area contributed by atoms with Gasteiger partial charge in [-0.25, -0.2) is 4.79 Å². The number of nitrogens with one attached hydrogen (secondary N) is 2. The molecule has 1 aromatic rings. The number of carbonyl (C=O) groups excluding carboxylic acids is 2. The summed E-state index contributed by atoms with van der Waals surface area (Å²) < 4.78 is 5.07. The van der Waals surface area contributed by atoms with Gasteiger partial charge < -0.3 is 15.8 Å². The van der Waals surface area contributed by atoms with Crippen molar-refractivity contribution in [3.63, 3.8) is 0 Å². The molecule has 1 rings (SSSR count). The van der Waals surface area contributed by atoms with Crippen LogP contribution in [0.4, 0.5) is 4.79 Å². The van der Waals surface area contributed by atoms with Gasteiger partial charge in [-0.3, -0.25) is 9.63 Å².